The highest BCUT2D eigenvalue weighted by atomic mass is 16.5. The van der Waals surface area contributed by atoms with Crippen molar-refractivity contribution in [2.24, 2.45) is 0 Å². The van der Waals surface area contributed by atoms with Crippen LogP contribution in [0, 0.1) is 0 Å². The first-order chi connectivity index (χ1) is 10.8. The first-order valence-electron chi connectivity index (χ1n) is 7.06. The summed E-state index contributed by atoms with van der Waals surface area (Å²) in [4.78, 5) is 8.65. The van der Waals surface area contributed by atoms with E-state index in [1.54, 1.807) is 24.2 Å². The zero-order chi connectivity index (χ0) is 15.4. The molecule has 0 bridgehead atoms. The summed E-state index contributed by atoms with van der Waals surface area (Å²) >= 11 is 0. The Labute approximate surface area is 128 Å². The zero-order valence-electron chi connectivity index (χ0n) is 12.5. The Kier molecular flexibility index (Phi) is 4.00. The number of aromatic nitrogens is 4. The maximum Gasteiger partial charge on any atom is 0.223 e. The number of ether oxygens (including phenoxy) is 1. The summed E-state index contributed by atoms with van der Waals surface area (Å²) in [5.74, 6) is 1.42. The van der Waals surface area contributed by atoms with Gasteiger partial charge in [0.2, 0.25) is 5.95 Å². The number of nitrogens with one attached hydrogen (secondary N) is 1. The molecular formula is C16H17N5O. The van der Waals surface area contributed by atoms with Gasteiger partial charge in [-0.2, -0.15) is 5.10 Å². The molecule has 0 fully saturated rings. The predicted molar refractivity (Wildman–Crippen MR) is 85.3 cm³/mol. The molecule has 0 saturated heterocycles. The molecule has 0 radical (unpaired) electrons. The van der Waals surface area contributed by atoms with E-state index in [0.717, 1.165) is 29.2 Å². The highest BCUT2D eigenvalue weighted by molar-refractivity contribution is 5.59. The summed E-state index contributed by atoms with van der Waals surface area (Å²) in [5, 5.41) is 7.50. The van der Waals surface area contributed by atoms with Crippen molar-refractivity contribution in [1.82, 2.24) is 19.7 Å². The Balaban J connectivity index is 1.91. The standard InChI is InChI=1S/C16H17N5O/c1-3-17-16-18-8-7-15(20-16)12-10-19-21(11-12)13-5-4-6-14(9-13)22-2/h4-11H,3H2,1-2H3,(H,17,18,20). The van der Waals surface area contributed by atoms with E-state index in [4.69, 9.17) is 4.74 Å². The molecule has 0 saturated carbocycles. The SMILES string of the molecule is CCNc1nccc(-c2cnn(-c3cccc(OC)c3)c2)n1. The first kappa shape index (κ1) is 14.1. The molecule has 0 spiro atoms. The van der Waals surface area contributed by atoms with Crippen LogP contribution in [0.2, 0.25) is 0 Å². The van der Waals surface area contributed by atoms with Crippen LogP contribution in [0.5, 0.6) is 5.75 Å². The van der Waals surface area contributed by atoms with Crippen molar-refractivity contribution in [2.45, 2.75) is 6.92 Å². The average molecular weight is 295 g/mol. The van der Waals surface area contributed by atoms with Gasteiger partial charge in [-0.25, -0.2) is 14.6 Å². The molecule has 0 atom stereocenters. The van der Waals surface area contributed by atoms with Crippen molar-refractivity contribution in [3.63, 3.8) is 0 Å². The minimum atomic E-state index is 0.620. The number of hydrogen-bond donors (Lipinski definition) is 1. The molecule has 2 heterocycles. The monoisotopic (exact) mass is 295 g/mol. The summed E-state index contributed by atoms with van der Waals surface area (Å²) in [7, 11) is 1.65. The Morgan fingerprint density at radius 2 is 2.18 bits per heavy atom. The molecule has 0 aliphatic rings. The molecule has 1 N–H and O–H groups in total. The Morgan fingerprint density at radius 1 is 1.27 bits per heavy atom. The lowest BCUT2D eigenvalue weighted by atomic mass is 10.2. The van der Waals surface area contributed by atoms with Crippen molar-refractivity contribution >= 4 is 5.95 Å². The second-order valence-corrected chi connectivity index (χ2v) is 4.67. The molecule has 3 aromatic rings. The zero-order valence-corrected chi connectivity index (χ0v) is 12.5. The summed E-state index contributed by atoms with van der Waals surface area (Å²) in [5.41, 5.74) is 2.70. The van der Waals surface area contributed by atoms with Crippen molar-refractivity contribution in [1.29, 1.82) is 0 Å². The number of nitrogens with zero attached hydrogens (tertiary/aromatic N) is 4. The molecular weight excluding hydrogens is 278 g/mol. The minimum Gasteiger partial charge on any atom is -0.497 e. The van der Waals surface area contributed by atoms with E-state index in [9.17, 15) is 0 Å². The predicted octanol–water partition coefficient (Wildman–Crippen LogP) is 2.77. The van der Waals surface area contributed by atoms with Crippen molar-refractivity contribution in [2.75, 3.05) is 19.0 Å². The van der Waals surface area contributed by atoms with Gasteiger partial charge in [0, 0.05) is 30.6 Å². The maximum atomic E-state index is 5.24. The van der Waals surface area contributed by atoms with E-state index in [2.05, 4.69) is 20.4 Å². The van der Waals surface area contributed by atoms with Crippen LogP contribution >= 0.6 is 0 Å². The summed E-state index contributed by atoms with van der Waals surface area (Å²) in [6.45, 7) is 2.80. The van der Waals surface area contributed by atoms with Gasteiger partial charge in [-0.15, -0.1) is 0 Å². The van der Waals surface area contributed by atoms with Gasteiger partial charge in [-0.3, -0.25) is 0 Å². The molecule has 0 aliphatic carbocycles. The topological polar surface area (TPSA) is 64.9 Å². The first-order valence-corrected chi connectivity index (χ1v) is 7.06. The second kappa shape index (κ2) is 6.26. The second-order valence-electron chi connectivity index (χ2n) is 4.67. The number of hydrogen-bond acceptors (Lipinski definition) is 5. The minimum absolute atomic E-state index is 0.620. The Bertz CT molecular complexity index is 768. The number of rotatable bonds is 5. The van der Waals surface area contributed by atoms with Crippen molar-refractivity contribution in [3.8, 4) is 22.7 Å². The van der Waals surface area contributed by atoms with E-state index in [1.165, 1.54) is 0 Å². The van der Waals surface area contributed by atoms with E-state index in [-0.39, 0.29) is 0 Å². The van der Waals surface area contributed by atoms with E-state index in [0.29, 0.717) is 5.95 Å². The Hall–Kier alpha value is -2.89. The highest BCUT2D eigenvalue weighted by Gasteiger charge is 2.06. The molecule has 2 aromatic heterocycles. The fourth-order valence-corrected chi connectivity index (χ4v) is 2.11. The third-order valence-corrected chi connectivity index (χ3v) is 3.19. The lowest BCUT2D eigenvalue weighted by Crippen LogP contribution is -2.01. The van der Waals surface area contributed by atoms with Crippen LogP contribution in [0.15, 0.2) is 48.9 Å². The summed E-state index contributed by atoms with van der Waals surface area (Å²) in [6, 6.07) is 9.61. The maximum absolute atomic E-state index is 5.24. The van der Waals surface area contributed by atoms with Crippen LogP contribution in [0.4, 0.5) is 5.95 Å². The van der Waals surface area contributed by atoms with Gasteiger partial charge in [0.25, 0.3) is 0 Å². The largest absolute Gasteiger partial charge is 0.497 e. The summed E-state index contributed by atoms with van der Waals surface area (Å²) < 4.78 is 7.04. The number of benzene rings is 1. The van der Waals surface area contributed by atoms with E-state index in [1.807, 2.05) is 43.5 Å². The molecule has 6 heteroatoms. The molecule has 22 heavy (non-hydrogen) atoms. The quantitative estimate of drug-likeness (QED) is 0.784. The van der Waals surface area contributed by atoms with Crippen LogP contribution in [0.1, 0.15) is 6.92 Å². The normalized spacial score (nSPS) is 10.5. The highest BCUT2D eigenvalue weighted by Crippen LogP contribution is 2.20. The van der Waals surface area contributed by atoms with Crippen LogP contribution < -0.4 is 10.1 Å². The number of anilines is 1. The Morgan fingerprint density at radius 3 is 3.00 bits per heavy atom. The molecule has 6 nitrogen and oxygen atoms in total. The average Bonchev–Trinajstić information content (AvgIpc) is 3.06. The number of methoxy groups -OCH3 is 1. The molecule has 3 rings (SSSR count). The van der Waals surface area contributed by atoms with Crippen LogP contribution in [0.3, 0.4) is 0 Å². The smallest absolute Gasteiger partial charge is 0.223 e. The third-order valence-electron chi connectivity index (χ3n) is 3.19. The van der Waals surface area contributed by atoms with Gasteiger partial charge in [-0.05, 0) is 25.1 Å². The lowest BCUT2D eigenvalue weighted by molar-refractivity contribution is 0.414. The van der Waals surface area contributed by atoms with Gasteiger partial charge < -0.3 is 10.1 Å². The third kappa shape index (κ3) is 2.90. The van der Waals surface area contributed by atoms with Crippen LogP contribution in [0.25, 0.3) is 16.9 Å². The molecule has 0 unspecified atom stereocenters. The summed E-state index contributed by atoms with van der Waals surface area (Å²) in [6.07, 6.45) is 5.47. The van der Waals surface area contributed by atoms with Gasteiger partial charge in [0.15, 0.2) is 0 Å². The van der Waals surface area contributed by atoms with Crippen molar-refractivity contribution in [3.05, 3.63) is 48.9 Å². The molecule has 0 amide bonds. The fourth-order valence-electron chi connectivity index (χ4n) is 2.11. The van der Waals surface area contributed by atoms with Gasteiger partial charge in [-0.1, -0.05) is 6.07 Å². The van der Waals surface area contributed by atoms with Crippen molar-refractivity contribution < 1.29 is 4.74 Å². The molecule has 112 valence electrons. The van der Waals surface area contributed by atoms with Crippen LogP contribution in [-0.4, -0.2) is 33.4 Å². The van der Waals surface area contributed by atoms with Gasteiger partial charge >= 0.3 is 0 Å². The van der Waals surface area contributed by atoms with Crippen LogP contribution in [-0.2, 0) is 0 Å². The molecule has 1 aromatic carbocycles. The van der Waals surface area contributed by atoms with Gasteiger partial charge in [0.05, 0.1) is 24.7 Å². The lowest BCUT2D eigenvalue weighted by Gasteiger charge is -2.04. The van der Waals surface area contributed by atoms with E-state index >= 15 is 0 Å². The fraction of sp³-hybridized carbons (Fsp3) is 0.188. The van der Waals surface area contributed by atoms with Gasteiger partial charge in [0.1, 0.15) is 5.75 Å². The van der Waals surface area contributed by atoms with E-state index < -0.39 is 0 Å². The molecule has 0 aliphatic heterocycles.